The minimum absolute atomic E-state index is 0.0609. The van der Waals surface area contributed by atoms with E-state index in [0.717, 1.165) is 31.9 Å². The number of nitrogens with zero attached hydrogens (tertiary/aromatic N) is 4. The summed E-state index contributed by atoms with van der Waals surface area (Å²) in [6.45, 7) is 13.9. The van der Waals surface area contributed by atoms with Crippen LogP contribution in [0.2, 0.25) is 0 Å². The van der Waals surface area contributed by atoms with Gasteiger partial charge < -0.3 is 0 Å². The van der Waals surface area contributed by atoms with Crippen molar-refractivity contribution in [2.45, 2.75) is 53.8 Å². The van der Waals surface area contributed by atoms with Crippen molar-refractivity contribution in [2.24, 2.45) is 11.8 Å². The van der Waals surface area contributed by atoms with Crippen LogP contribution in [0, 0.1) is 25.7 Å². The van der Waals surface area contributed by atoms with Crippen LogP contribution in [0.5, 0.6) is 0 Å². The quantitative estimate of drug-likeness (QED) is 0.786. The van der Waals surface area contributed by atoms with Crippen molar-refractivity contribution >= 4 is 10.2 Å². The van der Waals surface area contributed by atoms with Crippen molar-refractivity contribution in [1.82, 2.24) is 23.7 Å². The van der Waals surface area contributed by atoms with E-state index in [4.69, 9.17) is 0 Å². The van der Waals surface area contributed by atoms with Gasteiger partial charge in [0.2, 0.25) is 0 Å². The molecule has 144 valence electrons. The number of aryl methyl sites for hydroxylation is 2. The second-order valence-corrected chi connectivity index (χ2v) is 9.49. The molecule has 0 bridgehead atoms. The van der Waals surface area contributed by atoms with Crippen molar-refractivity contribution < 1.29 is 8.42 Å². The fourth-order valence-electron chi connectivity index (χ4n) is 3.63. The minimum Gasteiger partial charge on any atom is -0.297 e. The molecule has 0 spiro atoms. The third-order valence-electron chi connectivity index (χ3n) is 5.29. The van der Waals surface area contributed by atoms with Crippen LogP contribution in [0.25, 0.3) is 0 Å². The average Bonchev–Trinajstić information content (AvgIpc) is 3.02. The fourth-order valence-corrected chi connectivity index (χ4v) is 4.48. The summed E-state index contributed by atoms with van der Waals surface area (Å²) in [5.41, 5.74) is 3.54. The molecule has 1 aliphatic rings. The van der Waals surface area contributed by atoms with Crippen LogP contribution in [0.4, 0.5) is 0 Å². The van der Waals surface area contributed by atoms with Crippen LogP contribution >= 0.6 is 0 Å². The monoisotopic (exact) mass is 371 g/mol. The van der Waals surface area contributed by atoms with Crippen LogP contribution in [0.3, 0.4) is 0 Å². The molecule has 1 aliphatic heterocycles. The van der Waals surface area contributed by atoms with E-state index in [-0.39, 0.29) is 6.04 Å². The average molecular weight is 372 g/mol. The Labute approximate surface area is 152 Å². The molecule has 0 radical (unpaired) electrons. The molecule has 25 heavy (non-hydrogen) atoms. The van der Waals surface area contributed by atoms with Crippen LogP contribution < -0.4 is 4.72 Å². The van der Waals surface area contributed by atoms with Gasteiger partial charge >= 0.3 is 0 Å². The summed E-state index contributed by atoms with van der Waals surface area (Å²) in [6.07, 6.45) is 0. The Morgan fingerprint density at radius 2 is 1.92 bits per heavy atom. The molecule has 0 aliphatic carbocycles. The second-order valence-electron chi connectivity index (χ2n) is 7.58. The van der Waals surface area contributed by atoms with Crippen LogP contribution in [0.1, 0.15) is 37.7 Å². The highest BCUT2D eigenvalue weighted by Crippen LogP contribution is 2.27. The van der Waals surface area contributed by atoms with E-state index in [9.17, 15) is 8.42 Å². The molecule has 8 heteroatoms. The molecule has 7 nitrogen and oxygen atoms in total. The molecule has 2 atom stereocenters. The van der Waals surface area contributed by atoms with Crippen molar-refractivity contribution in [3.05, 3.63) is 17.0 Å². The normalized spacial score (nSPS) is 22.4. The van der Waals surface area contributed by atoms with Gasteiger partial charge in [-0.15, -0.1) is 0 Å². The first-order valence-corrected chi connectivity index (χ1v) is 10.5. The zero-order chi connectivity index (χ0) is 18.9. The van der Waals surface area contributed by atoms with Gasteiger partial charge in [-0.3, -0.25) is 9.58 Å². The fraction of sp³-hybridized carbons (Fsp3) is 0.824. The molecular formula is C17H33N5O2S. The van der Waals surface area contributed by atoms with E-state index in [1.807, 2.05) is 4.68 Å². The van der Waals surface area contributed by atoms with Gasteiger partial charge in [0.15, 0.2) is 0 Å². The zero-order valence-corrected chi connectivity index (χ0v) is 17.4. The van der Waals surface area contributed by atoms with Gasteiger partial charge in [-0.1, -0.05) is 13.8 Å². The highest BCUT2D eigenvalue weighted by molar-refractivity contribution is 7.87. The van der Waals surface area contributed by atoms with Gasteiger partial charge in [-0.2, -0.15) is 22.5 Å². The van der Waals surface area contributed by atoms with E-state index < -0.39 is 10.2 Å². The lowest BCUT2D eigenvalue weighted by Gasteiger charge is -2.24. The molecule has 2 heterocycles. The predicted octanol–water partition coefficient (Wildman–Crippen LogP) is 1.37. The van der Waals surface area contributed by atoms with Gasteiger partial charge in [-0.05, 0) is 32.6 Å². The minimum atomic E-state index is -3.42. The summed E-state index contributed by atoms with van der Waals surface area (Å²) in [6, 6.07) is -0.0609. The molecule has 1 N–H and O–H groups in total. The molecule has 0 amide bonds. The highest BCUT2D eigenvalue weighted by Gasteiger charge is 2.37. The Hall–Kier alpha value is -0.960. The SMILES string of the molecule is CCn1nc(C)c(CN2CC(NS(=O)(=O)N(C)C)C(C(C)C)C2)c1C. The molecule has 1 saturated heterocycles. The van der Waals surface area contributed by atoms with E-state index in [1.54, 1.807) is 14.1 Å². The lowest BCUT2D eigenvalue weighted by Crippen LogP contribution is -2.46. The second kappa shape index (κ2) is 7.73. The van der Waals surface area contributed by atoms with Gasteiger partial charge in [-0.25, -0.2) is 0 Å². The van der Waals surface area contributed by atoms with Gasteiger partial charge in [0, 0.05) is 57.6 Å². The van der Waals surface area contributed by atoms with E-state index in [2.05, 4.69) is 49.3 Å². The first kappa shape index (κ1) is 20.4. The maximum atomic E-state index is 12.3. The lowest BCUT2D eigenvalue weighted by molar-refractivity contribution is 0.295. The number of nitrogens with one attached hydrogen (secondary N) is 1. The smallest absolute Gasteiger partial charge is 0.279 e. The zero-order valence-electron chi connectivity index (χ0n) is 16.6. The Bertz CT molecular complexity index is 696. The molecular weight excluding hydrogens is 338 g/mol. The highest BCUT2D eigenvalue weighted by atomic mass is 32.2. The predicted molar refractivity (Wildman–Crippen MR) is 101 cm³/mol. The lowest BCUT2D eigenvalue weighted by atomic mass is 9.92. The Kier molecular flexibility index (Phi) is 6.30. The van der Waals surface area contributed by atoms with E-state index in [1.165, 1.54) is 15.6 Å². The van der Waals surface area contributed by atoms with Crippen LogP contribution in [0.15, 0.2) is 0 Å². The molecule has 2 rings (SSSR count). The van der Waals surface area contributed by atoms with Crippen molar-refractivity contribution in [3.63, 3.8) is 0 Å². The van der Waals surface area contributed by atoms with Crippen molar-refractivity contribution in [1.29, 1.82) is 0 Å². The van der Waals surface area contributed by atoms with Crippen molar-refractivity contribution in [2.75, 3.05) is 27.2 Å². The summed E-state index contributed by atoms with van der Waals surface area (Å²) in [4.78, 5) is 2.35. The topological polar surface area (TPSA) is 70.5 Å². The van der Waals surface area contributed by atoms with Crippen LogP contribution in [-0.2, 0) is 23.3 Å². The molecule has 0 aromatic carbocycles. The maximum Gasteiger partial charge on any atom is 0.279 e. The first-order valence-electron chi connectivity index (χ1n) is 9.01. The maximum absolute atomic E-state index is 12.3. The summed E-state index contributed by atoms with van der Waals surface area (Å²) in [5, 5.41) is 4.60. The number of aromatic nitrogens is 2. The molecule has 1 aromatic rings. The molecule has 1 aromatic heterocycles. The van der Waals surface area contributed by atoms with Gasteiger partial charge in [0.25, 0.3) is 10.2 Å². The summed E-state index contributed by atoms with van der Waals surface area (Å²) >= 11 is 0. The van der Waals surface area contributed by atoms with Crippen LogP contribution in [-0.4, -0.2) is 60.6 Å². The number of likely N-dealkylation sites (tertiary alicyclic amines) is 1. The molecule has 2 unspecified atom stereocenters. The van der Waals surface area contributed by atoms with E-state index in [0.29, 0.717) is 11.8 Å². The van der Waals surface area contributed by atoms with Gasteiger partial charge in [0.05, 0.1) is 5.69 Å². The summed E-state index contributed by atoms with van der Waals surface area (Å²) in [5.74, 6) is 0.719. The number of hydrogen-bond acceptors (Lipinski definition) is 4. The summed E-state index contributed by atoms with van der Waals surface area (Å²) in [7, 11) is -0.299. The Morgan fingerprint density at radius 1 is 1.28 bits per heavy atom. The summed E-state index contributed by atoms with van der Waals surface area (Å²) < 4.78 is 30.7. The Morgan fingerprint density at radius 3 is 2.40 bits per heavy atom. The Balaban J connectivity index is 2.16. The number of hydrogen-bond donors (Lipinski definition) is 1. The molecule has 0 saturated carbocycles. The first-order chi connectivity index (χ1) is 11.6. The third kappa shape index (κ3) is 4.42. The number of rotatable bonds is 7. The van der Waals surface area contributed by atoms with Crippen molar-refractivity contribution in [3.8, 4) is 0 Å². The standard InChI is InChI=1S/C17H33N5O2S/c1-8-22-14(5)16(13(4)18-22)10-21-9-15(12(2)3)17(11-21)19-25(23,24)20(6)7/h12,15,17,19H,8-11H2,1-7H3. The largest absolute Gasteiger partial charge is 0.297 e. The van der Waals surface area contributed by atoms with E-state index >= 15 is 0 Å². The molecule has 1 fully saturated rings. The van der Waals surface area contributed by atoms with Gasteiger partial charge in [0.1, 0.15) is 0 Å². The third-order valence-corrected chi connectivity index (χ3v) is 6.85.